The predicted molar refractivity (Wildman–Crippen MR) is 108 cm³/mol. The fourth-order valence-corrected chi connectivity index (χ4v) is 3.16. The molecule has 28 heavy (non-hydrogen) atoms. The van der Waals surface area contributed by atoms with Crippen LogP contribution in [0.1, 0.15) is 43.2 Å². The highest BCUT2D eigenvalue weighted by molar-refractivity contribution is 6.35. The van der Waals surface area contributed by atoms with Gasteiger partial charge in [-0.15, -0.1) is 0 Å². The molecule has 1 saturated carbocycles. The third kappa shape index (κ3) is 5.94. The van der Waals surface area contributed by atoms with Crippen molar-refractivity contribution < 1.29 is 14.3 Å². The summed E-state index contributed by atoms with van der Waals surface area (Å²) in [5.41, 5.74) is 4.06. The van der Waals surface area contributed by atoms with Crippen LogP contribution in [0.15, 0.2) is 59.7 Å². The Hall–Kier alpha value is -3.15. The first-order valence-corrected chi connectivity index (χ1v) is 9.62. The minimum atomic E-state index is -0.760. The van der Waals surface area contributed by atoms with Crippen LogP contribution in [0.5, 0.6) is 5.75 Å². The van der Waals surface area contributed by atoms with E-state index in [1.54, 1.807) is 0 Å². The molecule has 0 heterocycles. The normalized spacial score (nSPS) is 14.6. The molecule has 6 nitrogen and oxygen atoms in total. The summed E-state index contributed by atoms with van der Waals surface area (Å²) in [6.45, 7) is 0.432. The van der Waals surface area contributed by atoms with Crippen molar-refractivity contribution in [3.05, 3.63) is 65.7 Å². The van der Waals surface area contributed by atoms with Crippen LogP contribution in [-0.2, 0) is 16.2 Å². The Morgan fingerprint density at radius 2 is 1.68 bits per heavy atom. The lowest BCUT2D eigenvalue weighted by atomic mass is 9.95. The molecule has 6 heteroatoms. The van der Waals surface area contributed by atoms with E-state index in [0.717, 1.165) is 31.2 Å². The molecule has 0 bridgehead atoms. The number of nitrogens with one attached hydrogen (secondary N) is 2. The number of hydrogen-bond donors (Lipinski definition) is 2. The van der Waals surface area contributed by atoms with Gasteiger partial charge in [0.05, 0.1) is 6.21 Å². The number of hydrazone groups is 1. The molecule has 146 valence electrons. The summed E-state index contributed by atoms with van der Waals surface area (Å²) < 4.78 is 5.85. The molecule has 0 spiro atoms. The van der Waals surface area contributed by atoms with E-state index in [0.29, 0.717) is 17.9 Å². The molecule has 3 rings (SSSR count). The zero-order valence-corrected chi connectivity index (χ0v) is 15.8. The maximum Gasteiger partial charge on any atom is 0.329 e. The van der Waals surface area contributed by atoms with Crippen molar-refractivity contribution >= 4 is 18.0 Å². The lowest BCUT2D eigenvalue weighted by molar-refractivity contribution is -0.139. The second-order valence-electron chi connectivity index (χ2n) is 6.82. The molecule has 2 aromatic carbocycles. The van der Waals surface area contributed by atoms with E-state index >= 15 is 0 Å². The van der Waals surface area contributed by atoms with Crippen LogP contribution in [0.4, 0.5) is 0 Å². The first-order valence-electron chi connectivity index (χ1n) is 9.62. The Bertz CT molecular complexity index is 815. The van der Waals surface area contributed by atoms with Crippen molar-refractivity contribution in [2.75, 3.05) is 0 Å². The predicted octanol–water partition coefficient (Wildman–Crippen LogP) is 3.16. The van der Waals surface area contributed by atoms with Crippen LogP contribution in [0.25, 0.3) is 0 Å². The third-order valence-electron chi connectivity index (χ3n) is 4.67. The van der Waals surface area contributed by atoms with Gasteiger partial charge in [-0.3, -0.25) is 9.59 Å². The summed E-state index contributed by atoms with van der Waals surface area (Å²) in [5, 5.41) is 6.67. The lowest BCUT2D eigenvalue weighted by Gasteiger charge is -2.22. The number of nitrogens with zero attached hydrogens (tertiary/aromatic N) is 1. The standard InChI is InChI=1S/C22H25N3O3/c26-21(24-19-12-5-2-6-13-19)22(27)25-23-15-18-11-7-8-14-20(18)28-16-17-9-3-1-4-10-17/h1,3-4,7-11,14-15,19H,2,5-6,12-13,16H2,(H,24,26)(H,25,27)/b23-15+. The fraction of sp³-hybridized carbons (Fsp3) is 0.318. The van der Waals surface area contributed by atoms with Crippen molar-refractivity contribution in [3.8, 4) is 5.75 Å². The topological polar surface area (TPSA) is 79.8 Å². The van der Waals surface area contributed by atoms with E-state index in [1.807, 2.05) is 54.6 Å². The summed E-state index contributed by atoms with van der Waals surface area (Å²) in [4.78, 5) is 23.9. The van der Waals surface area contributed by atoms with E-state index in [9.17, 15) is 9.59 Å². The lowest BCUT2D eigenvalue weighted by Crippen LogP contribution is -2.44. The van der Waals surface area contributed by atoms with Crippen LogP contribution in [0, 0.1) is 0 Å². The van der Waals surface area contributed by atoms with Crippen LogP contribution >= 0.6 is 0 Å². The molecular formula is C22H25N3O3. The Labute approximate surface area is 165 Å². The van der Waals surface area contributed by atoms with E-state index < -0.39 is 11.8 Å². The minimum absolute atomic E-state index is 0.0862. The molecule has 0 saturated heterocycles. The van der Waals surface area contributed by atoms with E-state index in [1.165, 1.54) is 12.6 Å². The zero-order valence-electron chi connectivity index (χ0n) is 15.8. The van der Waals surface area contributed by atoms with Crippen LogP contribution in [-0.4, -0.2) is 24.1 Å². The van der Waals surface area contributed by atoms with Crippen molar-refractivity contribution in [1.29, 1.82) is 0 Å². The zero-order chi connectivity index (χ0) is 19.6. The average molecular weight is 379 g/mol. The Balaban J connectivity index is 1.52. The summed E-state index contributed by atoms with van der Waals surface area (Å²) in [6, 6.07) is 17.3. The summed E-state index contributed by atoms with van der Waals surface area (Å²) in [6.07, 6.45) is 6.69. The van der Waals surface area contributed by atoms with Gasteiger partial charge in [0.1, 0.15) is 12.4 Å². The Kier molecular flexibility index (Phi) is 7.18. The van der Waals surface area contributed by atoms with Gasteiger partial charge in [0.2, 0.25) is 0 Å². The van der Waals surface area contributed by atoms with E-state index in [4.69, 9.17) is 4.74 Å². The number of rotatable bonds is 6. The number of carbonyl (C=O) groups excluding carboxylic acids is 2. The van der Waals surface area contributed by atoms with Gasteiger partial charge in [-0.25, -0.2) is 5.43 Å². The minimum Gasteiger partial charge on any atom is -0.488 e. The molecule has 1 aliphatic carbocycles. The summed E-state index contributed by atoms with van der Waals surface area (Å²) in [7, 11) is 0. The van der Waals surface area contributed by atoms with Gasteiger partial charge >= 0.3 is 11.8 Å². The maximum atomic E-state index is 12.0. The molecule has 0 aromatic heterocycles. The number of hydrogen-bond acceptors (Lipinski definition) is 4. The monoisotopic (exact) mass is 379 g/mol. The van der Waals surface area contributed by atoms with Gasteiger partial charge in [-0.1, -0.05) is 61.7 Å². The molecule has 0 unspecified atom stereocenters. The van der Waals surface area contributed by atoms with Gasteiger partial charge in [0.15, 0.2) is 0 Å². The van der Waals surface area contributed by atoms with E-state index in [2.05, 4.69) is 15.8 Å². The highest BCUT2D eigenvalue weighted by atomic mass is 16.5. The second-order valence-corrected chi connectivity index (χ2v) is 6.82. The second kappa shape index (κ2) is 10.3. The number of amides is 2. The molecule has 2 amide bonds. The highest BCUT2D eigenvalue weighted by Crippen LogP contribution is 2.18. The van der Waals surface area contributed by atoms with E-state index in [-0.39, 0.29) is 6.04 Å². The molecule has 2 aromatic rings. The molecular weight excluding hydrogens is 354 g/mol. The Morgan fingerprint density at radius 1 is 0.964 bits per heavy atom. The molecule has 1 aliphatic rings. The first kappa shape index (κ1) is 19.6. The van der Waals surface area contributed by atoms with Gasteiger partial charge in [-0.05, 0) is 30.5 Å². The largest absolute Gasteiger partial charge is 0.488 e. The average Bonchev–Trinajstić information content (AvgIpc) is 2.74. The third-order valence-corrected chi connectivity index (χ3v) is 4.67. The fourth-order valence-electron chi connectivity index (χ4n) is 3.16. The number of para-hydroxylation sites is 1. The Morgan fingerprint density at radius 3 is 2.46 bits per heavy atom. The summed E-state index contributed by atoms with van der Waals surface area (Å²) in [5.74, 6) is -0.752. The van der Waals surface area contributed by atoms with Crippen LogP contribution < -0.4 is 15.5 Å². The van der Waals surface area contributed by atoms with Crippen molar-refractivity contribution in [3.63, 3.8) is 0 Å². The highest BCUT2D eigenvalue weighted by Gasteiger charge is 2.19. The van der Waals surface area contributed by atoms with Crippen LogP contribution in [0.2, 0.25) is 0 Å². The van der Waals surface area contributed by atoms with Gasteiger partial charge < -0.3 is 10.1 Å². The first-order chi connectivity index (χ1) is 13.7. The van der Waals surface area contributed by atoms with Crippen LogP contribution in [0.3, 0.4) is 0 Å². The number of benzene rings is 2. The van der Waals surface area contributed by atoms with Gasteiger partial charge in [0.25, 0.3) is 0 Å². The maximum absolute atomic E-state index is 12.0. The molecule has 2 N–H and O–H groups in total. The molecule has 0 atom stereocenters. The van der Waals surface area contributed by atoms with Gasteiger partial charge in [-0.2, -0.15) is 5.10 Å². The SMILES string of the molecule is O=C(N/N=C/c1ccccc1OCc1ccccc1)C(=O)NC1CCCCC1. The van der Waals surface area contributed by atoms with Gasteiger partial charge in [0, 0.05) is 11.6 Å². The smallest absolute Gasteiger partial charge is 0.329 e. The molecule has 0 radical (unpaired) electrons. The molecule has 0 aliphatic heterocycles. The number of carbonyl (C=O) groups is 2. The summed E-state index contributed by atoms with van der Waals surface area (Å²) >= 11 is 0. The van der Waals surface area contributed by atoms with Crippen molar-refractivity contribution in [1.82, 2.24) is 10.7 Å². The van der Waals surface area contributed by atoms with Crippen molar-refractivity contribution in [2.24, 2.45) is 5.10 Å². The quantitative estimate of drug-likeness (QED) is 0.460. The number of ether oxygens (including phenoxy) is 1. The molecule has 1 fully saturated rings. The van der Waals surface area contributed by atoms with Crippen molar-refractivity contribution in [2.45, 2.75) is 44.8 Å².